The molecule has 1 fully saturated rings. The van der Waals surface area contributed by atoms with Crippen LogP contribution in [0.1, 0.15) is 37.0 Å². The number of aromatic nitrogens is 2. The Morgan fingerprint density at radius 3 is 2.62 bits per heavy atom. The molecule has 1 aliphatic rings. The van der Waals surface area contributed by atoms with Gasteiger partial charge in [0.15, 0.2) is 0 Å². The molecule has 4 rings (SSSR count). The maximum atomic E-state index is 13.5. The first-order valence-corrected chi connectivity index (χ1v) is 12.2. The molecule has 1 atom stereocenters. The molecular formula is C25H26N4O3S2. The lowest BCUT2D eigenvalue weighted by molar-refractivity contribution is -0.123. The standard InChI is InChI=1S/C25H26N4O3S2/c1-5-16(3)29-24(31)20(34-25(29)33)12-19-22(26-13-17-7-9-18(32-4)10-8-17)27-21-11-6-15(2)14-28(21)23(19)30/h6-12,14,16,26H,5,13H2,1-4H3/b20-12-/t16-/m1/s1. The minimum Gasteiger partial charge on any atom is -0.497 e. The van der Waals surface area contributed by atoms with Crippen molar-refractivity contribution >= 4 is 51.7 Å². The lowest BCUT2D eigenvalue weighted by Crippen LogP contribution is -2.36. The van der Waals surface area contributed by atoms with Gasteiger partial charge in [-0.15, -0.1) is 0 Å². The van der Waals surface area contributed by atoms with Crippen LogP contribution < -0.4 is 15.6 Å². The number of hydrogen-bond acceptors (Lipinski definition) is 7. The minimum absolute atomic E-state index is 0.00968. The number of methoxy groups -OCH3 is 1. The second-order valence-electron chi connectivity index (χ2n) is 8.12. The van der Waals surface area contributed by atoms with Crippen molar-refractivity contribution in [2.24, 2.45) is 0 Å². The Bertz CT molecular complexity index is 1350. The van der Waals surface area contributed by atoms with Crippen molar-refractivity contribution in [1.82, 2.24) is 14.3 Å². The van der Waals surface area contributed by atoms with Crippen molar-refractivity contribution in [2.75, 3.05) is 12.4 Å². The Hall–Kier alpha value is -3.17. The van der Waals surface area contributed by atoms with E-state index < -0.39 is 0 Å². The molecule has 0 unspecified atom stereocenters. The van der Waals surface area contributed by atoms with E-state index in [2.05, 4.69) is 5.32 Å². The number of carbonyl (C=O) groups excluding carboxylic acids is 1. The number of amides is 1. The summed E-state index contributed by atoms with van der Waals surface area (Å²) < 4.78 is 7.23. The maximum absolute atomic E-state index is 13.5. The smallest absolute Gasteiger partial charge is 0.267 e. The van der Waals surface area contributed by atoms with Crippen LogP contribution >= 0.6 is 24.0 Å². The predicted molar refractivity (Wildman–Crippen MR) is 141 cm³/mol. The van der Waals surface area contributed by atoms with Gasteiger partial charge in [0.1, 0.15) is 21.5 Å². The van der Waals surface area contributed by atoms with Crippen molar-refractivity contribution in [3.63, 3.8) is 0 Å². The van der Waals surface area contributed by atoms with Crippen LogP contribution in [0.3, 0.4) is 0 Å². The van der Waals surface area contributed by atoms with Crippen LogP contribution in [0.25, 0.3) is 11.7 Å². The van der Waals surface area contributed by atoms with E-state index in [-0.39, 0.29) is 17.5 Å². The van der Waals surface area contributed by atoms with E-state index in [4.69, 9.17) is 21.9 Å². The molecule has 1 aliphatic heterocycles. The van der Waals surface area contributed by atoms with Gasteiger partial charge in [-0.1, -0.05) is 49.1 Å². The Morgan fingerprint density at radius 2 is 1.94 bits per heavy atom. The van der Waals surface area contributed by atoms with Crippen LogP contribution in [-0.4, -0.2) is 37.7 Å². The van der Waals surface area contributed by atoms with Crippen molar-refractivity contribution in [3.05, 3.63) is 74.5 Å². The second kappa shape index (κ2) is 9.99. The topological polar surface area (TPSA) is 75.9 Å². The highest BCUT2D eigenvalue weighted by atomic mass is 32.2. The summed E-state index contributed by atoms with van der Waals surface area (Å²) in [4.78, 5) is 33.3. The van der Waals surface area contributed by atoms with Gasteiger partial charge in [-0.25, -0.2) is 4.98 Å². The molecule has 1 N–H and O–H groups in total. The monoisotopic (exact) mass is 494 g/mol. The van der Waals surface area contributed by atoms with Crippen LogP contribution in [0.4, 0.5) is 5.82 Å². The third-order valence-corrected chi connectivity index (χ3v) is 7.09. The molecule has 9 heteroatoms. The van der Waals surface area contributed by atoms with Gasteiger partial charge in [0, 0.05) is 18.8 Å². The second-order valence-corrected chi connectivity index (χ2v) is 9.80. The highest BCUT2D eigenvalue weighted by Gasteiger charge is 2.35. The van der Waals surface area contributed by atoms with Crippen LogP contribution in [0.15, 0.2) is 52.3 Å². The van der Waals surface area contributed by atoms with Crippen molar-refractivity contribution < 1.29 is 9.53 Å². The molecule has 3 aromatic rings. The summed E-state index contributed by atoms with van der Waals surface area (Å²) in [5.41, 5.74) is 2.53. The molecular weight excluding hydrogens is 468 g/mol. The summed E-state index contributed by atoms with van der Waals surface area (Å²) in [5, 5.41) is 3.28. The fraction of sp³-hybridized carbons (Fsp3) is 0.280. The Balaban J connectivity index is 1.76. The highest BCUT2D eigenvalue weighted by Crippen LogP contribution is 2.35. The molecule has 0 spiro atoms. The van der Waals surface area contributed by atoms with Gasteiger partial charge in [-0.2, -0.15) is 0 Å². The molecule has 2 aromatic heterocycles. The first-order chi connectivity index (χ1) is 16.3. The highest BCUT2D eigenvalue weighted by molar-refractivity contribution is 8.26. The molecule has 0 saturated carbocycles. The normalized spacial score (nSPS) is 15.9. The molecule has 1 amide bonds. The van der Waals surface area contributed by atoms with Gasteiger partial charge in [-0.05, 0) is 55.7 Å². The van der Waals surface area contributed by atoms with E-state index in [9.17, 15) is 9.59 Å². The van der Waals surface area contributed by atoms with E-state index in [1.165, 1.54) is 16.2 Å². The zero-order valence-electron chi connectivity index (χ0n) is 19.5. The number of benzene rings is 1. The summed E-state index contributed by atoms with van der Waals surface area (Å²) in [7, 11) is 1.62. The first-order valence-electron chi connectivity index (χ1n) is 11.0. The number of carbonyl (C=O) groups is 1. The molecule has 0 aliphatic carbocycles. The fourth-order valence-electron chi connectivity index (χ4n) is 3.63. The number of fused-ring (bicyclic) bond motifs is 1. The molecule has 1 aromatic carbocycles. The Labute approximate surface area is 207 Å². The molecule has 3 heterocycles. The van der Waals surface area contributed by atoms with E-state index in [0.29, 0.717) is 32.8 Å². The third kappa shape index (κ3) is 4.71. The zero-order chi connectivity index (χ0) is 24.4. The van der Waals surface area contributed by atoms with Crippen molar-refractivity contribution in [2.45, 2.75) is 39.8 Å². The molecule has 1 saturated heterocycles. The predicted octanol–water partition coefficient (Wildman–Crippen LogP) is 4.62. The number of anilines is 1. The SMILES string of the molecule is CC[C@@H](C)N1C(=O)/C(=C/c2c(NCc3ccc(OC)cc3)nc3ccc(C)cn3c2=O)SC1=S. The van der Waals surface area contributed by atoms with Crippen molar-refractivity contribution in [3.8, 4) is 5.75 Å². The van der Waals surface area contributed by atoms with Gasteiger partial charge in [0.05, 0.1) is 17.6 Å². The number of thioether (sulfide) groups is 1. The van der Waals surface area contributed by atoms with Crippen LogP contribution in [0, 0.1) is 6.92 Å². The number of ether oxygens (including phenoxy) is 1. The molecule has 0 radical (unpaired) electrons. The summed E-state index contributed by atoms with van der Waals surface area (Å²) in [6, 6.07) is 11.4. The summed E-state index contributed by atoms with van der Waals surface area (Å²) in [6.45, 7) is 6.34. The van der Waals surface area contributed by atoms with Gasteiger partial charge in [-0.3, -0.25) is 18.9 Å². The summed E-state index contributed by atoms with van der Waals surface area (Å²) in [6.07, 6.45) is 4.15. The molecule has 176 valence electrons. The number of aryl methyl sites for hydroxylation is 1. The van der Waals surface area contributed by atoms with Crippen LogP contribution in [-0.2, 0) is 11.3 Å². The first kappa shape index (κ1) is 24.0. The fourth-order valence-corrected chi connectivity index (χ4v) is 5.07. The van der Waals surface area contributed by atoms with Crippen molar-refractivity contribution in [1.29, 1.82) is 0 Å². The summed E-state index contributed by atoms with van der Waals surface area (Å²) >= 11 is 6.67. The molecule has 7 nitrogen and oxygen atoms in total. The van der Waals surface area contributed by atoms with E-state index in [1.807, 2.05) is 57.2 Å². The van der Waals surface area contributed by atoms with Gasteiger partial charge in [0.2, 0.25) is 0 Å². The van der Waals surface area contributed by atoms with E-state index in [1.54, 1.807) is 24.3 Å². The summed E-state index contributed by atoms with van der Waals surface area (Å²) in [5.74, 6) is 1.00. The average molecular weight is 495 g/mol. The Morgan fingerprint density at radius 1 is 1.21 bits per heavy atom. The number of rotatable bonds is 7. The maximum Gasteiger partial charge on any atom is 0.267 e. The van der Waals surface area contributed by atoms with Crippen LogP contribution in [0.2, 0.25) is 0 Å². The number of hydrogen-bond donors (Lipinski definition) is 1. The minimum atomic E-state index is -0.250. The Kier molecular flexibility index (Phi) is 7.04. The number of pyridine rings is 1. The number of nitrogens with zero attached hydrogens (tertiary/aromatic N) is 3. The van der Waals surface area contributed by atoms with Gasteiger partial charge in [0.25, 0.3) is 11.5 Å². The average Bonchev–Trinajstić information content (AvgIpc) is 3.12. The van der Waals surface area contributed by atoms with E-state index in [0.717, 1.165) is 23.3 Å². The molecule has 0 bridgehead atoms. The number of nitrogens with one attached hydrogen (secondary N) is 1. The van der Waals surface area contributed by atoms with Gasteiger partial charge < -0.3 is 10.1 Å². The lowest BCUT2D eigenvalue weighted by atomic mass is 10.2. The molecule has 34 heavy (non-hydrogen) atoms. The van der Waals surface area contributed by atoms with E-state index >= 15 is 0 Å². The largest absolute Gasteiger partial charge is 0.497 e. The van der Waals surface area contributed by atoms with Crippen LogP contribution in [0.5, 0.6) is 5.75 Å². The quantitative estimate of drug-likeness (QED) is 0.379. The number of thiocarbonyl (C=S) groups is 1. The van der Waals surface area contributed by atoms with Gasteiger partial charge >= 0.3 is 0 Å². The zero-order valence-corrected chi connectivity index (χ0v) is 21.1. The third-order valence-electron chi connectivity index (χ3n) is 5.76. The lowest BCUT2D eigenvalue weighted by Gasteiger charge is -2.21.